The van der Waals surface area contributed by atoms with E-state index in [4.69, 9.17) is 17.5 Å². The lowest BCUT2D eigenvalue weighted by Crippen LogP contribution is -2.60. The van der Waals surface area contributed by atoms with Crippen molar-refractivity contribution in [3.05, 3.63) is 12.2 Å². The third-order valence-corrected chi connectivity index (χ3v) is 14.7. The lowest BCUT2D eigenvalue weighted by atomic mass is 10.2. The monoisotopic (exact) mass is 408 g/mol. The third kappa shape index (κ3) is 11.5. The molecule has 5 nitrogen and oxygen atoms in total. The van der Waals surface area contributed by atoms with E-state index in [9.17, 15) is 4.79 Å². The molecule has 0 aromatic rings. The molecule has 0 aliphatic heterocycles. The van der Waals surface area contributed by atoms with Crippen LogP contribution in [0.4, 0.5) is 0 Å². The maximum Gasteiger partial charge on any atom is 0.469 e. The first-order valence-electron chi connectivity index (χ1n) is 8.46. The Morgan fingerprint density at radius 1 is 0.833 bits per heavy atom. The minimum absolute atomic E-state index is 0.229. The van der Waals surface area contributed by atoms with Gasteiger partial charge in [-0.2, -0.15) is 0 Å². The van der Waals surface area contributed by atoms with E-state index in [1.807, 2.05) is 0 Å². The summed E-state index contributed by atoms with van der Waals surface area (Å²) in [5.41, 5.74) is 0.229. The summed E-state index contributed by atoms with van der Waals surface area (Å²) in [7, 11) is -8.47. The number of carboxylic acid groups (broad SMARTS) is 1. The second-order valence-corrected chi connectivity index (χ2v) is 26.1. The summed E-state index contributed by atoms with van der Waals surface area (Å²) < 4.78 is 19.6. The average molecular weight is 409 g/mol. The van der Waals surface area contributed by atoms with Crippen molar-refractivity contribution in [1.29, 1.82) is 0 Å². The summed E-state index contributed by atoms with van der Waals surface area (Å²) in [6.45, 7) is 22.9. The molecule has 0 rings (SSSR count). The lowest BCUT2D eigenvalue weighted by molar-refractivity contribution is -0.132. The maximum absolute atomic E-state index is 11.0. The molecule has 0 spiro atoms. The minimum atomic E-state index is -2.85. The Hall–Kier alpha value is -0.0425. The highest BCUT2D eigenvalue weighted by Crippen LogP contribution is 2.30. The molecule has 0 bridgehead atoms. The molecule has 0 fully saturated rings. The Morgan fingerprint density at radius 3 is 1.42 bits per heavy atom. The summed E-state index contributed by atoms with van der Waals surface area (Å²) in [5, 5.41) is 9.01. The Morgan fingerprint density at radius 2 is 1.17 bits per heavy atom. The molecule has 0 aliphatic rings. The molecule has 0 aromatic carbocycles. The topological polar surface area (TPSA) is 65.0 Å². The molecule has 0 heterocycles. The molecular weight excluding hydrogens is 373 g/mol. The molecule has 0 aliphatic carbocycles. The van der Waals surface area contributed by atoms with Crippen LogP contribution in [-0.2, 0) is 17.1 Å². The van der Waals surface area contributed by atoms with E-state index < -0.39 is 39.7 Å². The summed E-state index contributed by atoms with van der Waals surface area (Å²) in [4.78, 5) is 11.0. The van der Waals surface area contributed by atoms with Gasteiger partial charge in [-0.05, 0) is 71.8 Å². The third-order valence-electron chi connectivity index (χ3n) is 2.65. The highest BCUT2D eigenvalue weighted by molar-refractivity contribution is 6.90. The summed E-state index contributed by atoms with van der Waals surface area (Å²) in [6, 6.07) is 0.651. The first kappa shape index (κ1) is 24.0. The standard InChI is InChI=1S/C15H36O5Si4/c1-14(15(16)17)12-11-13-24(18-21(2,3)4,19-22(5,6)7)20-23(8,9)10/h1,11-13H2,2-10H3,(H,16,17). The van der Waals surface area contributed by atoms with Crippen LogP contribution in [0.15, 0.2) is 12.2 Å². The van der Waals surface area contributed by atoms with Gasteiger partial charge >= 0.3 is 14.8 Å². The number of hydrogen-bond acceptors (Lipinski definition) is 4. The Kier molecular flexibility index (Phi) is 8.55. The molecule has 0 radical (unpaired) electrons. The fourth-order valence-electron chi connectivity index (χ4n) is 2.24. The number of aliphatic carboxylic acids is 1. The van der Waals surface area contributed by atoms with E-state index in [2.05, 4.69) is 65.5 Å². The molecule has 0 amide bonds. The van der Waals surface area contributed by atoms with Crippen LogP contribution in [0.1, 0.15) is 12.8 Å². The highest BCUT2D eigenvalue weighted by atomic mass is 28.5. The smallest absolute Gasteiger partial charge is 0.469 e. The number of rotatable bonds is 11. The van der Waals surface area contributed by atoms with Gasteiger partial charge in [0.1, 0.15) is 0 Å². The fourth-order valence-corrected chi connectivity index (χ4v) is 16.9. The predicted molar refractivity (Wildman–Crippen MR) is 110 cm³/mol. The molecule has 0 atom stereocenters. The van der Waals surface area contributed by atoms with Crippen molar-refractivity contribution in [2.24, 2.45) is 0 Å². The van der Waals surface area contributed by atoms with Crippen molar-refractivity contribution in [2.75, 3.05) is 0 Å². The van der Waals surface area contributed by atoms with Gasteiger partial charge in [0.15, 0.2) is 25.0 Å². The van der Waals surface area contributed by atoms with Crippen molar-refractivity contribution in [1.82, 2.24) is 0 Å². The van der Waals surface area contributed by atoms with Crippen molar-refractivity contribution in [2.45, 2.75) is 77.8 Å². The van der Waals surface area contributed by atoms with Crippen LogP contribution in [0, 0.1) is 0 Å². The Labute approximate surface area is 152 Å². The van der Waals surface area contributed by atoms with Crippen LogP contribution in [0.2, 0.25) is 65.0 Å². The van der Waals surface area contributed by atoms with Gasteiger partial charge in [-0.25, -0.2) is 4.79 Å². The quantitative estimate of drug-likeness (QED) is 0.389. The first-order chi connectivity index (χ1) is 10.4. The highest BCUT2D eigenvalue weighted by Gasteiger charge is 2.49. The van der Waals surface area contributed by atoms with E-state index in [-0.39, 0.29) is 5.57 Å². The summed E-state index contributed by atoms with van der Waals surface area (Å²) in [5.74, 6) is -0.939. The van der Waals surface area contributed by atoms with Gasteiger partial charge in [0.25, 0.3) is 0 Å². The molecule has 0 aromatic heterocycles. The summed E-state index contributed by atoms with van der Waals surface area (Å²) >= 11 is 0. The molecule has 0 saturated heterocycles. The zero-order chi connectivity index (χ0) is 19.4. The molecule has 1 N–H and O–H groups in total. The molecule has 0 unspecified atom stereocenters. The minimum Gasteiger partial charge on any atom is -0.478 e. The SMILES string of the molecule is C=C(CCC[Si](O[Si](C)(C)C)(O[Si](C)(C)C)O[Si](C)(C)C)C(=O)O. The van der Waals surface area contributed by atoms with Crippen LogP contribution in [0.3, 0.4) is 0 Å². The van der Waals surface area contributed by atoms with Gasteiger partial charge in [-0.15, -0.1) is 0 Å². The van der Waals surface area contributed by atoms with Gasteiger partial charge in [0.05, 0.1) is 0 Å². The molecule has 0 saturated carbocycles. The zero-order valence-electron chi connectivity index (χ0n) is 16.9. The first-order valence-corrected chi connectivity index (χ1v) is 20.6. The Balaban J connectivity index is 5.46. The van der Waals surface area contributed by atoms with Crippen molar-refractivity contribution in [3.63, 3.8) is 0 Å². The summed E-state index contributed by atoms with van der Waals surface area (Å²) in [6.07, 6.45) is 1.10. The zero-order valence-corrected chi connectivity index (χ0v) is 20.9. The van der Waals surface area contributed by atoms with Gasteiger partial charge in [-0.3, -0.25) is 0 Å². The number of carbonyl (C=O) groups is 1. The average Bonchev–Trinajstić information content (AvgIpc) is 2.20. The van der Waals surface area contributed by atoms with Gasteiger partial charge < -0.3 is 17.5 Å². The molecule has 142 valence electrons. The van der Waals surface area contributed by atoms with Crippen LogP contribution >= 0.6 is 0 Å². The van der Waals surface area contributed by atoms with E-state index >= 15 is 0 Å². The maximum atomic E-state index is 11.0. The molecule has 24 heavy (non-hydrogen) atoms. The van der Waals surface area contributed by atoms with E-state index in [1.54, 1.807) is 0 Å². The largest absolute Gasteiger partial charge is 0.478 e. The molecule has 9 heteroatoms. The number of carboxylic acids is 1. The van der Waals surface area contributed by atoms with Gasteiger partial charge in [-0.1, -0.05) is 6.58 Å². The lowest BCUT2D eigenvalue weighted by Gasteiger charge is -2.43. The van der Waals surface area contributed by atoms with Crippen molar-refractivity contribution < 1.29 is 22.2 Å². The van der Waals surface area contributed by atoms with Crippen molar-refractivity contribution >= 4 is 39.7 Å². The number of hydrogen-bond donors (Lipinski definition) is 1. The van der Waals surface area contributed by atoms with E-state index in [1.165, 1.54) is 0 Å². The predicted octanol–water partition coefficient (Wildman–Crippen LogP) is 4.90. The molecular formula is C15H36O5Si4. The normalized spacial score (nSPS) is 13.9. The van der Waals surface area contributed by atoms with E-state index in [0.717, 1.165) is 0 Å². The van der Waals surface area contributed by atoms with Crippen molar-refractivity contribution in [3.8, 4) is 0 Å². The van der Waals surface area contributed by atoms with Crippen LogP contribution in [0.5, 0.6) is 0 Å². The second-order valence-electron chi connectivity index (χ2n) is 9.09. The van der Waals surface area contributed by atoms with Crippen LogP contribution in [0.25, 0.3) is 0 Å². The Bertz CT molecular complexity index is 405. The fraction of sp³-hybridized carbons (Fsp3) is 0.800. The van der Waals surface area contributed by atoms with Crippen LogP contribution in [-0.4, -0.2) is 44.8 Å². The van der Waals surface area contributed by atoms with Gasteiger partial charge in [0.2, 0.25) is 0 Å². The van der Waals surface area contributed by atoms with E-state index in [0.29, 0.717) is 18.9 Å². The van der Waals surface area contributed by atoms with Gasteiger partial charge in [0, 0.05) is 11.6 Å². The second kappa shape index (κ2) is 8.56. The van der Waals surface area contributed by atoms with Crippen LogP contribution < -0.4 is 0 Å².